The molecule has 0 aromatic heterocycles. The number of para-hydroxylation sites is 1. The minimum atomic E-state index is -2.60. The van der Waals surface area contributed by atoms with Gasteiger partial charge in [-0.1, -0.05) is 55.5 Å². The number of benzene rings is 4. The first-order valence-corrected chi connectivity index (χ1v) is 25.3. The van der Waals surface area contributed by atoms with Crippen molar-refractivity contribution in [1.82, 2.24) is 10.2 Å². The zero-order valence-corrected chi connectivity index (χ0v) is 37.5. The van der Waals surface area contributed by atoms with Crippen LogP contribution in [0.2, 0.25) is 18.6 Å². The zero-order chi connectivity index (χ0) is 43.8. The van der Waals surface area contributed by atoms with Crippen LogP contribution in [0.1, 0.15) is 57.1 Å². The third-order valence-electron chi connectivity index (χ3n) is 13.8. The normalized spacial score (nSPS) is 24.5. The molecule has 12 nitrogen and oxygen atoms in total. The van der Waals surface area contributed by atoms with E-state index in [1.54, 1.807) is 21.8 Å². The summed E-state index contributed by atoms with van der Waals surface area (Å²) in [5, 5.41) is 24.3. The van der Waals surface area contributed by atoms with Gasteiger partial charge in [-0.3, -0.25) is 24.2 Å². The molecule has 4 aromatic carbocycles. The number of hydrogen-bond donors (Lipinski definition) is 3. The number of anilines is 4. The molecule has 4 aliphatic heterocycles. The van der Waals surface area contributed by atoms with Gasteiger partial charge in [-0.15, -0.1) is 0 Å². The molecule has 328 valence electrons. The van der Waals surface area contributed by atoms with E-state index in [2.05, 4.69) is 37.5 Å². The lowest BCUT2D eigenvalue weighted by Gasteiger charge is -2.37. The topological polar surface area (TPSA) is 141 Å². The Morgan fingerprint density at radius 2 is 1.66 bits per heavy atom. The molecule has 3 amide bonds. The van der Waals surface area contributed by atoms with E-state index in [0.29, 0.717) is 55.2 Å². The fourth-order valence-electron chi connectivity index (χ4n) is 10.8. The van der Waals surface area contributed by atoms with Crippen LogP contribution in [-0.2, 0) is 31.1 Å². The summed E-state index contributed by atoms with van der Waals surface area (Å²) in [6.45, 7) is 10.3. The lowest BCUT2D eigenvalue weighted by atomic mass is 9.82. The summed E-state index contributed by atoms with van der Waals surface area (Å²) >= 11 is 0. The summed E-state index contributed by atoms with van der Waals surface area (Å²) < 4.78 is 18.8. The van der Waals surface area contributed by atoms with E-state index in [0.717, 1.165) is 47.2 Å². The molecule has 13 heteroatoms. The van der Waals surface area contributed by atoms with Crippen LogP contribution in [0.5, 0.6) is 11.5 Å². The van der Waals surface area contributed by atoms with Crippen LogP contribution >= 0.6 is 0 Å². The number of aliphatic hydroxyl groups excluding tert-OH is 2. The fourth-order valence-corrected chi connectivity index (χ4v) is 14.8. The molecule has 4 heterocycles. The summed E-state index contributed by atoms with van der Waals surface area (Å²) in [7, 11) is -0.955. The second kappa shape index (κ2) is 18.0. The maximum Gasteiger partial charge on any atom is 0.268 e. The number of rotatable bonds is 15. The van der Waals surface area contributed by atoms with Crippen LogP contribution in [0, 0.1) is 5.92 Å². The maximum absolute atomic E-state index is 15.7. The molecule has 0 aliphatic carbocycles. The molecule has 1 unspecified atom stereocenters. The lowest BCUT2D eigenvalue weighted by molar-refractivity contribution is -0.149. The first-order valence-electron chi connectivity index (χ1n) is 22.2. The van der Waals surface area contributed by atoms with E-state index < -0.39 is 31.7 Å². The number of nitrogens with zero attached hydrogens (tertiary/aromatic N) is 3. The lowest BCUT2D eigenvalue weighted by Crippen LogP contribution is -2.52. The van der Waals surface area contributed by atoms with Crippen LogP contribution < -0.4 is 29.8 Å². The van der Waals surface area contributed by atoms with Crippen LogP contribution in [0.15, 0.2) is 91.0 Å². The van der Waals surface area contributed by atoms with Crippen molar-refractivity contribution in [2.75, 3.05) is 49.8 Å². The van der Waals surface area contributed by atoms with Crippen LogP contribution in [0.4, 0.5) is 22.7 Å². The molecular formula is C49H60N4O8Si. The van der Waals surface area contributed by atoms with Crippen molar-refractivity contribution < 1.29 is 38.8 Å². The summed E-state index contributed by atoms with van der Waals surface area (Å²) in [5.74, 6) is 0.636. The van der Waals surface area contributed by atoms with Gasteiger partial charge in [-0.05, 0) is 117 Å². The Bertz CT molecular complexity index is 2270. The number of ether oxygens (including phenoxy) is 3. The number of carbonyl (C=O) groups excluding carboxylic acids is 3. The van der Waals surface area contributed by atoms with Gasteiger partial charge in [0, 0.05) is 36.0 Å². The van der Waals surface area contributed by atoms with E-state index in [1.165, 1.54) is 0 Å². The Morgan fingerprint density at radius 1 is 0.919 bits per heavy atom. The molecule has 2 fully saturated rings. The Labute approximate surface area is 365 Å². The molecule has 62 heavy (non-hydrogen) atoms. The van der Waals surface area contributed by atoms with Gasteiger partial charge in [0.2, 0.25) is 11.8 Å². The fraction of sp³-hybridized carbons (Fsp3) is 0.449. The van der Waals surface area contributed by atoms with Gasteiger partial charge in [0.15, 0.2) is 5.60 Å². The molecule has 2 saturated heterocycles. The smallest absolute Gasteiger partial charge is 0.268 e. The van der Waals surface area contributed by atoms with Gasteiger partial charge >= 0.3 is 0 Å². The van der Waals surface area contributed by atoms with E-state index in [9.17, 15) is 19.8 Å². The SMILES string of the molecule is CCOc1ccc2c(c1)CC(NCCCCO)C(=O)N2c1ccc2c(c1)[C@@]1(O[C@H](CC(=O)N3CCC[C@H]3CO)[C@@H]([Si](C)(C)c3ccc(OC)cc3)[C@@H]1C)C(=O)N2c1ccccc1. The second-order valence-electron chi connectivity index (χ2n) is 17.6. The summed E-state index contributed by atoms with van der Waals surface area (Å²) in [5.41, 5.74) is 2.61. The van der Waals surface area contributed by atoms with Gasteiger partial charge in [0.05, 0.1) is 64.4 Å². The van der Waals surface area contributed by atoms with Gasteiger partial charge in [0.25, 0.3) is 5.91 Å². The van der Waals surface area contributed by atoms with Gasteiger partial charge in [-0.2, -0.15) is 0 Å². The Balaban J connectivity index is 1.28. The molecule has 4 aromatic rings. The predicted octanol–water partition coefficient (Wildman–Crippen LogP) is 6.31. The van der Waals surface area contributed by atoms with Crippen LogP contribution in [0.25, 0.3) is 0 Å². The van der Waals surface area contributed by atoms with Crippen molar-refractivity contribution in [3.8, 4) is 11.5 Å². The minimum Gasteiger partial charge on any atom is -0.497 e. The molecular weight excluding hydrogens is 801 g/mol. The molecule has 8 rings (SSSR count). The van der Waals surface area contributed by atoms with Gasteiger partial charge in [-0.25, -0.2) is 0 Å². The first kappa shape index (κ1) is 43.6. The van der Waals surface area contributed by atoms with Crippen molar-refractivity contribution in [1.29, 1.82) is 0 Å². The van der Waals surface area contributed by atoms with Crippen molar-refractivity contribution in [3.05, 3.63) is 102 Å². The zero-order valence-electron chi connectivity index (χ0n) is 36.5. The highest BCUT2D eigenvalue weighted by Gasteiger charge is 2.67. The number of carbonyl (C=O) groups is 3. The third-order valence-corrected chi connectivity index (χ3v) is 18.2. The molecule has 1 spiro atoms. The predicted molar refractivity (Wildman–Crippen MR) is 243 cm³/mol. The maximum atomic E-state index is 15.7. The van der Waals surface area contributed by atoms with E-state index in [-0.39, 0.29) is 48.9 Å². The van der Waals surface area contributed by atoms with Crippen molar-refractivity contribution in [2.24, 2.45) is 5.92 Å². The largest absolute Gasteiger partial charge is 0.497 e. The monoisotopic (exact) mass is 860 g/mol. The number of nitrogens with one attached hydrogen (secondary N) is 1. The Kier molecular flexibility index (Phi) is 12.6. The quantitative estimate of drug-likeness (QED) is 0.0927. The molecule has 0 bridgehead atoms. The van der Waals surface area contributed by atoms with E-state index >= 15 is 4.79 Å². The molecule has 4 aliphatic rings. The number of fused-ring (bicyclic) bond motifs is 3. The average molecular weight is 861 g/mol. The summed E-state index contributed by atoms with van der Waals surface area (Å²) in [6, 6.07) is 28.5. The Morgan fingerprint density at radius 3 is 2.37 bits per heavy atom. The Hall–Kier alpha value is -5.05. The number of aliphatic hydroxyl groups is 2. The number of likely N-dealkylation sites (tertiary alicyclic amines) is 1. The summed E-state index contributed by atoms with van der Waals surface area (Å²) in [6.07, 6.45) is 2.83. The first-order chi connectivity index (χ1) is 30.0. The summed E-state index contributed by atoms with van der Waals surface area (Å²) in [4.78, 5) is 50.1. The molecule has 0 saturated carbocycles. The second-order valence-corrected chi connectivity index (χ2v) is 22.3. The van der Waals surface area contributed by atoms with E-state index in [4.69, 9.17) is 14.2 Å². The van der Waals surface area contributed by atoms with E-state index in [1.807, 2.05) is 85.8 Å². The van der Waals surface area contributed by atoms with Gasteiger partial charge in [0.1, 0.15) is 11.5 Å². The number of unbranched alkanes of at least 4 members (excludes halogenated alkanes) is 1. The van der Waals surface area contributed by atoms with Gasteiger partial charge < -0.3 is 34.6 Å². The van der Waals surface area contributed by atoms with Crippen molar-refractivity contribution >= 4 is 53.7 Å². The standard InChI is InChI=1S/C49H60N4O8Si/c1-6-60-38-19-23-42-33(27-38)28-41(50-24-10-11-26-54)47(57)52(42)35-16-22-43-40(29-35)49(48(58)53(43)34-13-8-7-9-14-34)32(2)46(62(4,5)39-20-17-37(59-3)18-21-39)44(61-49)30-45(56)51-25-12-15-36(51)31-55/h7-9,13-14,16-23,27,29,32,36,41,44,46,50,54-55H,6,10-12,15,24-26,28,30-31H2,1-5H3/t32-,36-,41?,44+,46-,49+/m0/s1. The number of hydrogen-bond acceptors (Lipinski definition) is 9. The highest BCUT2D eigenvalue weighted by atomic mass is 28.3. The van der Waals surface area contributed by atoms with Crippen molar-refractivity contribution in [3.63, 3.8) is 0 Å². The molecule has 6 atom stereocenters. The minimum absolute atomic E-state index is 0.0667. The van der Waals surface area contributed by atoms with Crippen LogP contribution in [0.3, 0.4) is 0 Å². The molecule has 3 N–H and O–H groups in total. The number of amides is 3. The van der Waals surface area contributed by atoms with Crippen molar-refractivity contribution in [2.45, 2.75) is 94.8 Å². The van der Waals surface area contributed by atoms with Crippen LogP contribution in [-0.4, -0.2) is 99.1 Å². The molecule has 0 radical (unpaired) electrons. The number of methoxy groups -OCH3 is 1. The average Bonchev–Trinajstić information content (AvgIpc) is 3.95. The highest BCUT2D eigenvalue weighted by Crippen LogP contribution is 2.61. The highest BCUT2D eigenvalue weighted by molar-refractivity contribution is 6.91. The third kappa shape index (κ3) is 7.61.